The summed E-state index contributed by atoms with van der Waals surface area (Å²) < 4.78 is 5.39. The van der Waals surface area contributed by atoms with E-state index in [0.717, 1.165) is 6.61 Å². The molecule has 0 saturated carbocycles. The van der Waals surface area contributed by atoms with Crippen molar-refractivity contribution in [3.05, 3.63) is 12.3 Å². The number of hydrogen-bond acceptors (Lipinski definition) is 1. The first-order chi connectivity index (χ1) is 5.21. The predicted molar refractivity (Wildman–Crippen MR) is 54.0 cm³/mol. The second-order valence-corrected chi connectivity index (χ2v) is 5.54. The predicted octanol–water partition coefficient (Wildman–Crippen LogP) is 3.61. The van der Waals surface area contributed by atoms with E-state index in [9.17, 15) is 0 Å². The van der Waals surface area contributed by atoms with Gasteiger partial charge in [0.05, 0.1) is 12.9 Å². The largest absolute Gasteiger partial charge is 0.501 e. The fraction of sp³-hybridized carbons (Fsp3) is 0.818. The fourth-order valence-corrected chi connectivity index (χ4v) is 0.550. The van der Waals surface area contributed by atoms with Crippen LogP contribution in [0.3, 0.4) is 0 Å². The molecular weight excluding hydrogens is 148 g/mol. The van der Waals surface area contributed by atoms with Crippen LogP contribution >= 0.6 is 0 Å². The first-order valence-electron chi connectivity index (χ1n) is 4.50. The van der Waals surface area contributed by atoms with Crippen LogP contribution in [-0.4, -0.2) is 6.61 Å². The second-order valence-electron chi connectivity index (χ2n) is 5.54. The van der Waals surface area contributed by atoms with Crippen LogP contribution in [0.5, 0.6) is 0 Å². The van der Waals surface area contributed by atoms with Crippen LogP contribution in [0.25, 0.3) is 0 Å². The average Bonchev–Trinajstić information content (AvgIpc) is 1.76. The van der Waals surface area contributed by atoms with Gasteiger partial charge in [0, 0.05) is 0 Å². The quantitative estimate of drug-likeness (QED) is 0.575. The first kappa shape index (κ1) is 11.5. The van der Waals surface area contributed by atoms with Gasteiger partial charge in [-0.3, -0.25) is 0 Å². The van der Waals surface area contributed by atoms with E-state index in [-0.39, 0.29) is 10.8 Å². The Morgan fingerprint density at radius 3 is 1.83 bits per heavy atom. The smallest absolute Gasteiger partial charge is 0.0921 e. The molecule has 0 heterocycles. The van der Waals surface area contributed by atoms with Gasteiger partial charge in [-0.25, -0.2) is 0 Å². The molecule has 0 aliphatic rings. The molecule has 0 amide bonds. The first-order valence-corrected chi connectivity index (χ1v) is 4.50. The molecule has 0 bridgehead atoms. The Morgan fingerprint density at radius 2 is 1.50 bits per heavy atom. The van der Waals surface area contributed by atoms with Crippen molar-refractivity contribution in [1.29, 1.82) is 0 Å². The highest BCUT2D eigenvalue weighted by molar-refractivity contribution is 4.87. The number of rotatable bonds is 2. The molecule has 0 saturated heterocycles. The van der Waals surface area contributed by atoms with Gasteiger partial charge in [-0.15, -0.1) is 0 Å². The molecule has 0 unspecified atom stereocenters. The normalized spacial score (nSPS) is 13.8. The summed E-state index contributed by atoms with van der Waals surface area (Å²) in [6, 6.07) is 0. The van der Waals surface area contributed by atoms with Crippen molar-refractivity contribution in [2.45, 2.75) is 41.5 Å². The topological polar surface area (TPSA) is 9.23 Å². The van der Waals surface area contributed by atoms with Crippen LogP contribution < -0.4 is 0 Å². The number of ether oxygens (including phenoxy) is 1. The minimum atomic E-state index is 0.220. The Bertz CT molecular complexity index is 143. The lowest BCUT2D eigenvalue weighted by Gasteiger charge is -2.17. The Hall–Kier alpha value is -0.460. The standard InChI is InChI=1S/C11H22O/c1-10(2,3)7-8-12-9-11(4,5)6/h7-8H,9H2,1-6H3/b8-7+. The molecule has 0 aromatic heterocycles. The molecule has 0 rings (SSSR count). The maximum Gasteiger partial charge on any atom is 0.0921 e. The molecule has 72 valence electrons. The summed E-state index contributed by atoms with van der Waals surface area (Å²) in [6.45, 7) is 13.7. The van der Waals surface area contributed by atoms with Crippen LogP contribution in [0.15, 0.2) is 12.3 Å². The molecule has 0 fully saturated rings. The summed E-state index contributed by atoms with van der Waals surface area (Å²) in [5.74, 6) is 0. The Morgan fingerprint density at radius 1 is 1.00 bits per heavy atom. The van der Waals surface area contributed by atoms with E-state index in [1.54, 1.807) is 0 Å². The van der Waals surface area contributed by atoms with Crippen molar-refractivity contribution in [2.75, 3.05) is 6.61 Å². The zero-order valence-electron chi connectivity index (χ0n) is 9.27. The maximum absolute atomic E-state index is 5.39. The zero-order valence-corrected chi connectivity index (χ0v) is 9.27. The molecule has 0 aromatic carbocycles. The molecule has 0 aromatic rings. The minimum absolute atomic E-state index is 0.220. The van der Waals surface area contributed by atoms with Gasteiger partial charge < -0.3 is 4.74 Å². The van der Waals surface area contributed by atoms with Gasteiger partial charge in [0.2, 0.25) is 0 Å². The van der Waals surface area contributed by atoms with Crippen LogP contribution in [0.4, 0.5) is 0 Å². The van der Waals surface area contributed by atoms with Crippen molar-refractivity contribution in [3.63, 3.8) is 0 Å². The molecule has 0 aliphatic heterocycles. The molecule has 0 N–H and O–H groups in total. The minimum Gasteiger partial charge on any atom is -0.501 e. The maximum atomic E-state index is 5.39. The molecule has 0 radical (unpaired) electrons. The SMILES string of the molecule is CC(C)(C)/C=C/OCC(C)(C)C. The molecule has 1 heteroatoms. The van der Waals surface area contributed by atoms with Gasteiger partial charge >= 0.3 is 0 Å². The van der Waals surface area contributed by atoms with Gasteiger partial charge in [0.25, 0.3) is 0 Å². The number of hydrogen-bond donors (Lipinski definition) is 0. The third-order valence-corrected chi connectivity index (χ3v) is 1.18. The van der Waals surface area contributed by atoms with Crippen molar-refractivity contribution in [1.82, 2.24) is 0 Å². The van der Waals surface area contributed by atoms with E-state index in [1.165, 1.54) is 0 Å². The zero-order chi connectivity index (χ0) is 9.83. The van der Waals surface area contributed by atoms with E-state index < -0.39 is 0 Å². The lowest BCUT2D eigenvalue weighted by atomic mass is 9.97. The van der Waals surface area contributed by atoms with Gasteiger partial charge in [0.1, 0.15) is 0 Å². The highest BCUT2D eigenvalue weighted by Crippen LogP contribution is 2.16. The lowest BCUT2D eigenvalue weighted by Crippen LogP contribution is -2.12. The third-order valence-electron chi connectivity index (χ3n) is 1.18. The molecule has 12 heavy (non-hydrogen) atoms. The highest BCUT2D eigenvalue weighted by Gasteiger charge is 2.09. The summed E-state index contributed by atoms with van der Waals surface area (Å²) in [6.07, 6.45) is 3.89. The van der Waals surface area contributed by atoms with Crippen LogP contribution in [0.2, 0.25) is 0 Å². The van der Waals surface area contributed by atoms with Crippen LogP contribution in [0.1, 0.15) is 41.5 Å². The Labute approximate surface area is 76.8 Å². The van der Waals surface area contributed by atoms with Gasteiger partial charge in [0.15, 0.2) is 0 Å². The summed E-state index contributed by atoms with van der Waals surface area (Å²) in [5, 5.41) is 0. The molecule has 0 aliphatic carbocycles. The molecular formula is C11H22O. The molecule has 1 nitrogen and oxygen atoms in total. The fourth-order valence-electron chi connectivity index (χ4n) is 0.550. The summed E-state index contributed by atoms with van der Waals surface area (Å²) in [7, 11) is 0. The van der Waals surface area contributed by atoms with E-state index in [2.05, 4.69) is 47.6 Å². The molecule has 0 atom stereocenters. The second kappa shape index (κ2) is 3.97. The summed E-state index contributed by atoms with van der Waals surface area (Å²) in [5.41, 5.74) is 0.472. The Kier molecular flexibility index (Phi) is 3.82. The van der Waals surface area contributed by atoms with Gasteiger partial charge in [-0.05, 0) is 16.9 Å². The van der Waals surface area contributed by atoms with E-state index in [0.29, 0.717) is 0 Å². The Balaban J connectivity index is 3.64. The van der Waals surface area contributed by atoms with Gasteiger partial charge in [-0.1, -0.05) is 41.5 Å². The van der Waals surface area contributed by atoms with E-state index in [1.807, 2.05) is 6.26 Å². The van der Waals surface area contributed by atoms with Crippen LogP contribution in [-0.2, 0) is 4.74 Å². The summed E-state index contributed by atoms with van der Waals surface area (Å²) >= 11 is 0. The van der Waals surface area contributed by atoms with Crippen molar-refractivity contribution < 1.29 is 4.74 Å². The van der Waals surface area contributed by atoms with E-state index >= 15 is 0 Å². The van der Waals surface area contributed by atoms with E-state index in [4.69, 9.17) is 4.74 Å². The lowest BCUT2D eigenvalue weighted by molar-refractivity contribution is 0.149. The average molecular weight is 170 g/mol. The van der Waals surface area contributed by atoms with Gasteiger partial charge in [-0.2, -0.15) is 0 Å². The monoisotopic (exact) mass is 170 g/mol. The van der Waals surface area contributed by atoms with Crippen molar-refractivity contribution >= 4 is 0 Å². The van der Waals surface area contributed by atoms with Crippen molar-refractivity contribution in [3.8, 4) is 0 Å². The van der Waals surface area contributed by atoms with Crippen LogP contribution in [0, 0.1) is 10.8 Å². The third kappa shape index (κ3) is 9.54. The van der Waals surface area contributed by atoms with Crippen molar-refractivity contribution in [2.24, 2.45) is 10.8 Å². The number of allylic oxidation sites excluding steroid dienone is 1. The highest BCUT2D eigenvalue weighted by atomic mass is 16.5. The molecule has 0 spiro atoms. The summed E-state index contributed by atoms with van der Waals surface area (Å²) in [4.78, 5) is 0.